The third-order valence-corrected chi connectivity index (χ3v) is 2.25. The van der Waals surface area contributed by atoms with Gasteiger partial charge >= 0.3 is 0 Å². The van der Waals surface area contributed by atoms with Crippen LogP contribution in [-0.4, -0.2) is 21.6 Å². The van der Waals surface area contributed by atoms with Crippen LogP contribution in [0, 0.1) is 11.3 Å². The van der Waals surface area contributed by atoms with Crippen LogP contribution < -0.4 is 5.32 Å². The topological polar surface area (TPSA) is 66.5 Å². The SMILES string of the molecule is CNc1ccc(Cn2ccnc2C#N)cn1. The molecule has 0 aliphatic heterocycles. The molecule has 0 fully saturated rings. The lowest BCUT2D eigenvalue weighted by Gasteiger charge is -2.04. The molecule has 0 aromatic carbocycles. The molecule has 2 aromatic rings. The van der Waals surface area contributed by atoms with Crippen LogP contribution in [0.25, 0.3) is 0 Å². The van der Waals surface area contributed by atoms with Crippen molar-refractivity contribution in [1.29, 1.82) is 5.26 Å². The third-order valence-electron chi connectivity index (χ3n) is 2.25. The third kappa shape index (κ3) is 2.01. The van der Waals surface area contributed by atoms with Crippen molar-refractivity contribution in [2.45, 2.75) is 6.54 Å². The van der Waals surface area contributed by atoms with Gasteiger partial charge in [-0.1, -0.05) is 6.07 Å². The maximum atomic E-state index is 8.81. The monoisotopic (exact) mass is 213 g/mol. The molecule has 0 atom stereocenters. The Morgan fingerprint density at radius 3 is 2.94 bits per heavy atom. The molecule has 1 N–H and O–H groups in total. The largest absolute Gasteiger partial charge is 0.373 e. The second kappa shape index (κ2) is 4.45. The lowest BCUT2D eigenvalue weighted by molar-refractivity contribution is 0.779. The summed E-state index contributed by atoms with van der Waals surface area (Å²) in [6.07, 6.45) is 5.19. The van der Waals surface area contributed by atoms with E-state index in [1.54, 1.807) is 23.2 Å². The number of nitriles is 1. The molecule has 0 radical (unpaired) electrons. The van der Waals surface area contributed by atoms with E-state index in [-0.39, 0.29) is 0 Å². The summed E-state index contributed by atoms with van der Waals surface area (Å²) in [5.41, 5.74) is 1.04. The van der Waals surface area contributed by atoms with Crippen molar-refractivity contribution >= 4 is 5.82 Å². The van der Waals surface area contributed by atoms with Crippen LogP contribution in [0.15, 0.2) is 30.7 Å². The van der Waals surface area contributed by atoms with E-state index in [0.29, 0.717) is 12.4 Å². The number of nitrogens with zero attached hydrogens (tertiary/aromatic N) is 4. The summed E-state index contributed by atoms with van der Waals surface area (Å²) in [6.45, 7) is 0.611. The molecule has 2 aromatic heterocycles. The van der Waals surface area contributed by atoms with Crippen molar-refractivity contribution in [3.05, 3.63) is 42.1 Å². The average molecular weight is 213 g/mol. The van der Waals surface area contributed by atoms with E-state index < -0.39 is 0 Å². The van der Waals surface area contributed by atoms with Crippen molar-refractivity contribution in [3.8, 4) is 6.07 Å². The Kier molecular flexibility index (Phi) is 2.83. The molecule has 0 aliphatic rings. The molecule has 0 amide bonds. The number of anilines is 1. The molecule has 5 heteroatoms. The lowest BCUT2D eigenvalue weighted by Crippen LogP contribution is -2.02. The van der Waals surface area contributed by atoms with Crippen LogP contribution in [-0.2, 0) is 6.54 Å². The molecule has 0 bridgehead atoms. The number of rotatable bonds is 3. The number of pyridine rings is 1. The van der Waals surface area contributed by atoms with Gasteiger partial charge < -0.3 is 9.88 Å². The van der Waals surface area contributed by atoms with Gasteiger partial charge in [-0.05, 0) is 11.6 Å². The second-order valence-corrected chi connectivity index (χ2v) is 3.29. The molecule has 5 nitrogen and oxygen atoms in total. The minimum Gasteiger partial charge on any atom is -0.373 e. The molecular weight excluding hydrogens is 202 g/mol. The lowest BCUT2D eigenvalue weighted by atomic mass is 10.3. The van der Waals surface area contributed by atoms with Crippen LogP contribution >= 0.6 is 0 Å². The van der Waals surface area contributed by atoms with Crippen molar-refractivity contribution in [1.82, 2.24) is 14.5 Å². The first-order valence-electron chi connectivity index (χ1n) is 4.87. The first kappa shape index (κ1) is 10.2. The summed E-state index contributed by atoms with van der Waals surface area (Å²) in [5, 5.41) is 11.8. The summed E-state index contributed by atoms with van der Waals surface area (Å²) in [5.74, 6) is 1.24. The second-order valence-electron chi connectivity index (χ2n) is 3.29. The first-order valence-corrected chi connectivity index (χ1v) is 4.87. The molecular formula is C11H11N5. The fourth-order valence-electron chi connectivity index (χ4n) is 1.41. The molecule has 2 rings (SSSR count). The Morgan fingerprint density at radius 2 is 2.31 bits per heavy atom. The zero-order valence-corrected chi connectivity index (χ0v) is 8.88. The fourth-order valence-corrected chi connectivity index (χ4v) is 1.41. The van der Waals surface area contributed by atoms with Gasteiger partial charge in [-0.15, -0.1) is 0 Å². The van der Waals surface area contributed by atoms with Crippen LogP contribution in [0.5, 0.6) is 0 Å². The highest BCUT2D eigenvalue weighted by Crippen LogP contribution is 2.07. The number of nitrogens with one attached hydrogen (secondary N) is 1. The van der Waals surface area contributed by atoms with Gasteiger partial charge in [0.05, 0.1) is 6.54 Å². The molecule has 16 heavy (non-hydrogen) atoms. The van der Waals surface area contributed by atoms with Crippen LogP contribution in [0.4, 0.5) is 5.82 Å². The fraction of sp³-hybridized carbons (Fsp3) is 0.182. The summed E-state index contributed by atoms with van der Waals surface area (Å²) >= 11 is 0. The van der Waals surface area contributed by atoms with E-state index in [1.807, 2.05) is 25.2 Å². The minimum absolute atomic E-state index is 0.415. The average Bonchev–Trinajstić information content (AvgIpc) is 2.77. The minimum atomic E-state index is 0.415. The van der Waals surface area contributed by atoms with Crippen molar-refractivity contribution < 1.29 is 0 Å². The van der Waals surface area contributed by atoms with Crippen molar-refractivity contribution in [2.24, 2.45) is 0 Å². The van der Waals surface area contributed by atoms with E-state index in [4.69, 9.17) is 5.26 Å². The summed E-state index contributed by atoms with van der Waals surface area (Å²) in [7, 11) is 1.83. The number of hydrogen-bond acceptors (Lipinski definition) is 4. The standard InChI is InChI=1S/C11H11N5/c1-13-10-3-2-9(7-15-10)8-16-5-4-14-11(16)6-12/h2-5,7H,8H2,1H3,(H,13,15). The highest BCUT2D eigenvalue weighted by atomic mass is 15.1. The Labute approximate surface area is 93.4 Å². The van der Waals surface area contributed by atoms with E-state index in [2.05, 4.69) is 15.3 Å². The normalized spacial score (nSPS) is 9.75. The van der Waals surface area contributed by atoms with Gasteiger partial charge in [0.1, 0.15) is 11.9 Å². The first-order chi connectivity index (χ1) is 7.83. The van der Waals surface area contributed by atoms with Crippen LogP contribution in [0.1, 0.15) is 11.4 Å². The molecule has 0 spiro atoms. The van der Waals surface area contributed by atoms with E-state index in [1.165, 1.54) is 0 Å². The van der Waals surface area contributed by atoms with Crippen molar-refractivity contribution in [2.75, 3.05) is 12.4 Å². The van der Waals surface area contributed by atoms with E-state index >= 15 is 0 Å². The molecule has 0 unspecified atom stereocenters. The quantitative estimate of drug-likeness (QED) is 0.833. The van der Waals surface area contributed by atoms with Gasteiger partial charge in [-0.3, -0.25) is 0 Å². The summed E-state index contributed by atoms with van der Waals surface area (Å²) < 4.78 is 1.79. The maximum absolute atomic E-state index is 8.81. The maximum Gasteiger partial charge on any atom is 0.213 e. The molecule has 0 saturated heterocycles. The van der Waals surface area contributed by atoms with Gasteiger partial charge in [-0.25, -0.2) is 9.97 Å². The van der Waals surface area contributed by atoms with E-state index in [9.17, 15) is 0 Å². The Morgan fingerprint density at radius 1 is 1.44 bits per heavy atom. The van der Waals surface area contributed by atoms with Gasteiger partial charge in [0, 0.05) is 25.6 Å². The number of imidazole rings is 1. The Bertz CT molecular complexity index is 506. The predicted octanol–water partition coefficient (Wildman–Crippen LogP) is 1.24. The zero-order chi connectivity index (χ0) is 11.4. The van der Waals surface area contributed by atoms with Gasteiger partial charge in [-0.2, -0.15) is 5.26 Å². The van der Waals surface area contributed by atoms with E-state index in [0.717, 1.165) is 11.4 Å². The Balaban J connectivity index is 2.18. The molecule has 80 valence electrons. The van der Waals surface area contributed by atoms with Gasteiger partial charge in [0.15, 0.2) is 0 Å². The van der Waals surface area contributed by atoms with Crippen molar-refractivity contribution in [3.63, 3.8) is 0 Å². The highest BCUT2D eigenvalue weighted by Gasteiger charge is 2.02. The summed E-state index contributed by atoms with van der Waals surface area (Å²) in [6, 6.07) is 5.91. The molecule has 0 aliphatic carbocycles. The Hall–Kier alpha value is -2.35. The van der Waals surface area contributed by atoms with Gasteiger partial charge in [0.2, 0.25) is 5.82 Å². The molecule has 2 heterocycles. The zero-order valence-electron chi connectivity index (χ0n) is 8.88. The number of hydrogen-bond donors (Lipinski definition) is 1. The summed E-state index contributed by atoms with van der Waals surface area (Å²) in [4.78, 5) is 8.14. The smallest absolute Gasteiger partial charge is 0.213 e. The number of aromatic nitrogens is 3. The van der Waals surface area contributed by atoms with Crippen LogP contribution in [0.2, 0.25) is 0 Å². The van der Waals surface area contributed by atoms with Crippen LogP contribution in [0.3, 0.4) is 0 Å². The predicted molar refractivity (Wildman–Crippen MR) is 59.8 cm³/mol. The van der Waals surface area contributed by atoms with Gasteiger partial charge in [0.25, 0.3) is 0 Å². The highest BCUT2D eigenvalue weighted by molar-refractivity contribution is 5.34. The molecule has 0 saturated carbocycles.